The molecule has 1 saturated carbocycles. The molecule has 0 N–H and O–H groups in total. The number of ether oxygens (including phenoxy) is 1. The smallest absolute Gasteiger partial charge is 0.266 e. The number of hydrogen-bond donors (Lipinski definition) is 0. The maximum atomic E-state index is 12.7. The molecule has 1 aromatic rings. The van der Waals surface area contributed by atoms with E-state index < -0.39 is 0 Å². The van der Waals surface area contributed by atoms with E-state index in [0.29, 0.717) is 21.9 Å². The molecule has 3 rings (SSSR count). The van der Waals surface area contributed by atoms with Crippen molar-refractivity contribution in [3.63, 3.8) is 0 Å². The van der Waals surface area contributed by atoms with E-state index >= 15 is 0 Å². The molecule has 1 amide bonds. The maximum Gasteiger partial charge on any atom is 0.266 e. The molecule has 5 heteroatoms. The average Bonchev–Trinajstić information content (AvgIpc) is 3.15. The monoisotopic (exact) mass is 347 g/mol. The SMILES string of the molecule is CCCOc1ccccc1C=C1SC(=S)N(C2CCCC2)C1=O. The molecule has 0 aromatic heterocycles. The second-order valence-corrected chi connectivity index (χ2v) is 7.55. The third-order valence-electron chi connectivity index (χ3n) is 4.18. The fourth-order valence-corrected chi connectivity index (χ4v) is 4.43. The first-order valence-electron chi connectivity index (χ1n) is 8.19. The van der Waals surface area contributed by atoms with Gasteiger partial charge in [-0.25, -0.2) is 0 Å². The third-order valence-corrected chi connectivity index (χ3v) is 5.51. The van der Waals surface area contributed by atoms with Crippen LogP contribution < -0.4 is 4.74 Å². The Morgan fingerprint density at radius 1 is 1.35 bits per heavy atom. The van der Waals surface area contributed by atoms with Crippen molar-refractivity contribution >= 4 is 40.3 Å². The van der Waals surface area contributed by atoms with Crippen LogP contribution in [-0.2, 0) is 4.79 Å². The summed E-state index contributed by atoms with van der Waals surface area (Å²) in [6, 6.07) is 8.13. The molecule has 23 heavy (non-hydrogen) atoms. The van der Waals surface area contributed by atoms with E-state index in [-0.39, 0.29) is 5.91 Å². The van der Waals surface area contributed by atoms with Crippen molar-refractivity contribution < 1.29 is 9.53 Å². The topological polar surface area (TPSA) is 29.5 Å². The van der Waals surface area contributed by atoms with Crippen LogP contribution in [0, 0.1) is 0 Å². The maximum absolute atomic E-state index is 12.7. The first-order chi connectivity index (χ1) is 11.2. The number of carbonyl (C=O) groups is 1. The first kappa shape index (κ1) is 16.5. The van der Waals surface area contributed by atoms with Crippen LogP contribution in [0.3, 0.4) is 0 Å². The van der Waals surface area contributed by atoms with Crippen LogP contribution in [0.5, 0.6) is 5.75 Å². The number of benzene rings is 1. The summed E-state index contributed by atoms with van der Waals surface area (Å²) in [6.45, 7) is 2.75. The zero-order valence-corrected chi connectivity index (χ0v) is 14.9. The summed E-state index contributed by atoms with van der Waals surface area (Å²) < 4.78 is 6.47. The molecule has 2 aliphatic rings. The van der Waals surface area contributed by atoms with Gasteiger partial charge in [0.2, 0.25) is 0 Å². The molecule has 1 saturated heterocycles. The highest BCUT2D eigenvalue weighted by atomic mass is 32.2. The molecule has 2 fully saturated rings. The fourth-order valence-electron chi connectivity index (χ4n) is 3.04. The van der Waals surface area contributed by atoms with E-state index in [9.17, 15) is 4.79 Å². The van der Waals surface area contributed by atoms with Gasteiger partial charge in [-0.15, -0.1) is 0 Å². The van der Waals surface area contributed by atoms with Crippen molar-refractivity contribution in [2.45, 2.75) is 45.1 Å². The number of nitrogens with zero attached hydrogens (tertiary/aromatic N) is 1. The van der Waals surface area contributed by atoms with Crippen LogP contribution in [0.15, 0.2) is 29.2 Å². The quantitative estimate of drug-likeness (QED) is 0.574. The van der Waals surface area contributed by atoms with Crippen molar-refractivity contribution in [3.05, 3.63) is 34.7 Å². The van der Waals surface area contributed by atoms with E-state index in [0.717, 1.165) is 30.6 Å². The molecular weight excluding hydrogens is 326 g/mol. The minimum absolute atomic E-state index is 0.0530. The largest absolute Gasteiger partial charge is 0.493 e. The summed E-state index contributed by atoms with van der Waals surface area (Å²) in [5.41, 5.74) is 0.938. The molecule has 0 spiro atoms. The van der Waals surface area contributed by atoms with Gasteiger partial charge in [0.05, 0.1) is 11.5 Å². The summed E-state index contributed by atoms with van der Waals surface area (Å²) in [5, 5.41) is 0. The lowest BCUT2D eigenvalue weighted by atomic mass is 10.1. The molecule has 1 aromatic carbocycles. The number of thiocarbonyl (C=S) groups is 1. The summed E-state index contributed by atoms with van der Waals surface area (Å²) in [7, 11) is 0. The van der Waals surface area contributed by atoms with Gasteiger partial charge in [0.25, 0.3) is 5.91 Å². The summed E-state index contributed by atoms with van der Waals surface area (Å²) in [5.74, 6) is 0.873. The Hall–Kier alpha value is -1.33. The Balaban J connectivity index is 1.83. The fraction of sp³-hybridized carbons (Fsp3) is 0.444. The lowest BCUT2D eigenvalue weighted by Crippen LogP contribution is -2.36. The molecule has 0 bridgehead atoms. The Kier molecular flexibility index (Phi) is 5.38. The van der Waals surface area contributed by atoms with Crippen LogP contribution >= 0.6 is 24.0 Å². The number of hydrogen-bond acceptors (Lipinski definition) is 4. The van der Waals surface area contributed by atoms with Gasteiger partial charge in [0.15, 0.2) is 0 Å². The van der Waals surface area contributed by atoms with Crippen molar-refractivity contribution in [3.8, 4) is 5.75 Å². The number of thioether (sulfide) groups is 1. The van der Waals surface area contributed by atoms with E-state index in [4.69, 9.17) is 17.0 Å². The van der Waals surface area contributed by atoms with E-state index in [1.165, 1.54) is 24.6 Å². The lowest BCUT2D eigenvalue weighted by molar-refractivity contribution is -0.123. The van der Waals surface area contributed by atoms with Gasteiger partial charge >= 0.3 is 0 Å². The third kappa shape index (κ3) is 3.61. The van der Waals surface area contributed by atoms with Gasteiger partial charge in [-0.3, -0.25) is 9.69 Å². The van der Waals surface area contributed by atoms with E-state index in [1.807, 2.05) is 35.2 Å². The molecule has 1 aliphatic carbocycles. The van der Waals surface area contributed by atoms with Gasteiger partial charge in [-0.05, 0) is 31.4 Å². The van der Waals surface area contributed by atoms with Gasteiger partial charge in [-0.2, -0.15) is 0 Å². The van der Waals surface area contributed by atoms with E-state index in [1.54, 1.807) is 0 Å². The molecule has 3 nitrogen and oxygen atoms in total. The van der Waals surface area contributed by atoms with Crippen molar-refractivity contribution in [2.75, 3.05) is 6.61 Å². The Morgan fingerprint density at radius 2 is 2.09 bits per heavy atom. The standard InChI is InChI=1S/C18H21NO2S2/c1-2-11-21-15-10-6-3-7-13(15)12-16-17(20)19(18(22)23-16)14-8-4-5-9-14/h3,6-7,10,12,14H,2,4-5,8-9,11H2,1H3. The predicted octanol–water partition coefficient (Wildman–Crippen LogP) is 4.62. The van der Waals surface area contributed by atoms with Crippen molar-refractivity contribution in [1.82, 2.24) is 4.90 Å². The molecule has 0 atom stereocenters. The highest BCUT2D eigenvalue weighted by molar-refractivity contribution is 8.26. The zero-order chi connectivity index (χ0) is 16.2. The minimum Gasteiger partial charge on any atom is -0.493 e. The number of rotatable bonds is 5. The minimum atomic E-state index is 0.0530. The van der Waals surface area contributed by atoms with Crippen LogP contribution in [-0.4, -0.2) is 27.8 Å². The van der Waals surface area contributed by atoms with E-state index in [2.05, 4.69) is 6.92 Å². The van der Waals surface area contributed by atoms with Crippen LogP contribution in [0.25, 0.3) is 6.08 Å². The van der Waals surface area contributed by atoms with Crippen molar-refractivity contribution in [1.29, 1.82) is 0 Å². The molecule has 0 unspecified atom stereocenters. The first-order valence-corrected chi connectivity index (χ1v) is 9.42. The van der Waals surface area contributed by atoms with Crippen molar-refractivity contribution in [2.24, 2.45) is 0 Å². The second-order valence-electron chi connectivity index (χ2n) is 5.88. The van der Waals surface area contributed by atoms with Gasteiger partial charge in [-0.1, -0.05) is 61.9 Å². The highest BCUT2D eigenvalue weighted by Crippen LogP contribution is 2.38. The average molecular weight is 348 g/mol. The number of carbonyl (C=O) groups excluding carboxylic acids is 1. The molecule has 0 radical (unpaired) electrons. The normalized spacial score (nSPS) is 20.7. The van der Waals surface area contributed by atoms with Gasteiger partial charge in [0.1, 0.15) is 10.1 Å². The highest BCUT2D eigenvalue weighted by Gasteiger charge is 2.38. The zero-order valence-electron chi connectivity index (χ0n) is 13.3. The summed E-state index contributed by atoms with van der Waals surface area (Å²) in [4.78, 5) is 15.3. The van der Waals surface area contributed by atoms with Gasteiger partial charge in [0, 0.05) is 11.6 Å². The van der Waals surface area contributed by atoms with Crippen LogP contribution in [0.2, 0.25) is 0 Å². The Bertz CT molecular complexity index is 636. The summed E-state index contributed by atoms with van der Waals surface area (Å²) in [6.07, 6.45) is 7.38. The predicted molar refractivity (Wildman–Crippen MR) is 99.5 cm³/mol. The molecule has 1 aliphatic heterocycles. The number of para-hydroxylation sites is 1. The number of amides is 1. The summed E-state index contributed by atoms with van der Waals surface area (Å²) >= 11 is 6.86. The molecule has 122 valence electrons. The Morgan fingerprint density at radius 3 is 2.83 bits per heavy atom. The van der Waals surface area contributed by atoms with Gasteiger partial charge < -0.3 is 4.74 Å². The van der Waals surface area contributed by atoms with Crippen LogP contribution in [0.1, 0.15) is 44.6 Å². The lowest BCUT2D eigenvalue weighted by Gasteiger charge is -2.21. The molecular formula is C18H21NO2S2. The molecule has 1 heterocycles. The second kappa shape index (κ2) is 7.49. The van der Waals surface area contributed by atoms with Crippen LogP contribution in [0.4, 0.5) is 0 Å². The Labute approximate surface area is 147 Å².